The summed E-state index contributed by atoms with van der Waals surface area (Å²) in [5, 5.41) is 7.93. The predicted molar refractivity (Wildman–Crippen MR) is 135 cm³/mol. The molecule has 5 rings (SSSR count). The minimum Gasteiger partial charge on any atom is -0.367 e. The molecule has 6 nitrogen and oxygen atoms in total. The summed E-state index contributed by atoms with van der Waals surface area (Å²) in [7, 11) is 0. The molecular weight excluding hydrogens is 510 g/mol. The van der Waals surface area contributed by atoms with Crippen molar-refractivity contribution < 1.29 is 22.4 Å². The van der Waals surface area contributed by atoms with Crippen LogP contribution in [0.1, 0.15) is 17.0 Å². The average Bonchev–Trinajstić information content (AvgIpc) is 3.24. The van der Waals surface area contributed by atoms with Gasteiger partial charge in [-0.3, -0.25) is 9.89 Å². The number of hydrogen-bond acceptors (Lipinski definition) is 4. The Balaban J connectivity index is 1.74. The molecule has 1 saturated heterocycles. The molecule has 0 bridgehead atoms. The lowest BCUT2D eigenvalue weighted by atomic mass is 9.93. The second-order valence-electron chi connectivity index (χ2n) is 8.98. The van der Waals surface area contributed by atoms with E-state index in [1.807, 2.05) is 0 Å². The van der Waals surface area contributed by atoms with Gasteiger partial charge < -0.3 is 9.80 Å². The van der Waals surface area contributed by atoms with Crippen molar-refractivity contribution in [1.82, 2.24) is 20.1 Å². The van der Waals surface area contributed by atoms with Gasteiger partial charge in [-0.25, -0.2) is 9.37 Å². The highest BCUT2D eigenvalue weighted by molar-refractivity contribution is 6.35. The fraction of sp³-hybridized carbons (Fsp3) is 0.269. The van der Waals surface area contributed by atoms with Crippen LogP contribution in [-0.2, 0) is 11.0 Å². The predicted octanol–water partition coefficient (Wildman–Crippen LogP) is 6.04. The van der Waals surface area contributed by atoms with Crippen molar-refractivity contribution in [2.24, 2.45) is 0 Å². The molecule has 11 heteroatoms. The molecule has 1 amide bonds. The van der Waals surface area contributed by atoms with E-state index in [-0.39, 0.29) is 53.7 Å². The molecule has 1 aliphatic rings. The molecule has 0 unspecified atom stereocenters. The van der Waals surface area contributed by atoms with Crippen molar-refractivity contribution in [3.63, 3.8) is 0 Å². The summed E-state index contributed by atoms with van der Waals surface area (Å²) >= 11 is 6.66. The van der Waals surface area contributed by atoms with Crippen LogP contribution < -0.4 is 4.90 Å². The van der Waals surface area contributed by atoms with Crippen molar-refractivity contribution in [2.75, 3.05) is 31.1 Å². The maximum atomic E-state index is 16.3. The number of anilines is 1. The van der Waals surface area contributed by atoms with Crippen LogP contribution in [0.15, 0.2) is 36.9 Å². The summed E-state index contributed by atoms with van der Waals surface area (Å²) in [5.74, 6) is -1.19. The average molecular weight is 532 g/mol. The summed E-state index contributed by atoms with van der Waals surface area (Å²) < 4.78 is 57.9. The number of aromatic nitrogens is 3. The number of aryl methyl sites for hydroxylation is 2. The number of halogens is 5. The van der Waals surface area contributed by atoms with Gasteiger partial charge in [0.05, 0.1) is 10.5 Å². The number of carbonyl (C=O) groups is 1. The monoisotopic (exact) mass is 531 g/mol. The van der Waals surface area contributed by atoms with Crippen molar-refractivity contribution in [3.8, 4) is 11.1 Å². The van der Waals surface area contributed by atoms with E-state index >= 15 is 4.39 Å². The van der Waals surface area contributed by atoms with Crippen LogP contribution in [0.25, 0.3) is 32.9 Å². The molecule has 2 aromatic heterocycles. The van der Waals surface area contributed by atoms with E-state index in [0.29, 0.717) is 27.7 Å². The van der Waals surface area contributed by atoms with Gasteiger partial charge in [-0.2, -0.15) is 18.3 Å². The van der Waals surface area contributed by atoms with Crippen LogP contribution in [-0.4, -0.2) is 52.2 Å². The topological polar surface area (TPSA) is 65.1 Å². The molecule has 0 saturated carbocycles. The number of benzene rings is 2. The number of carbonyl (C=O) groups excluding carboxylic acids is 1. The summed E-state index contributed by atoms with van der Waals surface area (Å²) in [5.41, 5.74) is 0.892. The van der Waals surface area contributed by atoms with Gasteiger partial charge in [0, 0.05) is 59.5 Å². The normalized spacial score (nSPS) is 14.6. The maximum Gasteiger partial charge on any atom is 0.433 e. The maximum absolute atomic E-state index is 16.3. The second-order valence-corrected chi connectivity index (χ2v) is 9.39. The summed E-state index contributed by atoms with van der Waals surface area (Å²) in [4.78, 5) is 18.9. The molecule has 0 aliphatic carbocycles. The number of nitrogens with one attached hydrogen (secondary N) is 1. The molecule has 0 spiro atoms. The molecule has 2 aromatic carbocycles. The Morgan fingerprint density at radius 2 is 1.84 bits per heavy atom. The fourth-order valence-corrected chi connectivity index (χ4v) is 5.18. The number of fused-ring (bicyclic) bond motifs is 2. The van der Waals surface area contributed by atoms with Crippen molar-refractivity contribution in [1.29, 1.82) is 0 Å². The molecule has 0 radical (unpaired) electrons. The smallest absolute Gasteiger partial charge is 0.367 e. The van der Waals surface area contributed by atoms with Crippen molar-refractivity contribution in [3.05, 3.63) is 64.7 Å². The van der Waals surface area contributed by atoms with Gasteiger partial charge in [0.25, 0.3) is 0 Å². The standard InChI is InChI=1S/C26H22ClF4N5O/c1-4-20(37)36-9-7-35(8-10-36)18-12-19(26(29,30)31)32-25-15(18)11-16(27)23(24(25)28)21-13(2)5-6-17-22(21)14(3)33-34-17/h4-6,11-12H,1,7-10H2,2-3H3,(H,33,34). The Hall–Kier alpha value is -3.66. The number of pyridine rings is 1. The second kappa shape index (κ2) is 9.02. The third kappa shape index (κ3) is 4.19. The molecular formula is C26H22ClF4N5O. The Labute approximate surface area is 214 Å². The highest BCUT2D eigenvalue weighted by Gasteiger charge is 2.35. The van der Waals surface area contributed by atoms with E-state index in [1.54, 1.807) is 35.8 Å². The third-order valence-electron chi connectivity index (χ3n) is 6.73. The SMILES string of the molecule is C=CC(=O)N1CCN(c2cc(C(F)(F)F)nc3c(F)c(-c4c(C)ccc5n[nH]c(C)c45)c(Cl)cc23)CC1. The molecule has 4 aromatic rings. The lowest BCUT2D eigenvalue weighted by molar-refractivity contribution is -0.140. The first-order chi connectivity index (χ1) is 17.5. The summed E-state index contributed by atoms with van der Waals surface area (Å²) in [6, 6.07) is 5.91. The highest BCUT2D eigenvalue weighted by atomic mass is 35.5. The fourth-order valence-electron chi connectivity index (χ4n) is 4.90. The zero-order valence-corrected chi connectivity index (χ0v) is 20.8. The van der Waals surface area contributed by atoms with Crippen LogP contribution in [0.3, 0.4) is 0 Å². The van der Waals surface area contributed by atoms with E-state index in [4.69, 9.17) is 11.6 Å². The molecule has 0 atom stereocenters. The van der Waals surface area contributed by atoms with Crippen LogP contribution in [0.4, 0.5) is 23.2 Å². The third-order valence-corrected chi connectivity index (χ3v) is 7.03. The van der Waals surface area contributed by atoms with Gasteiger partial charge in [-0.1, -0.05) is 24.2 Å². The number of alkyl halides is 3. The lowest BCUT2D eigenvalue weighted by Gasteiger charge is -2.36. The van der Waals surface area contributed by atoms with Gasteiger partial charge >= 0.3 is 6.18 Å². The number of H-pyrrole nitrogens is 1. The number of piperazine rings is 1. The zero-order chi connectivity index (χ0) is 26.6. The summed E-state index contributed by atoms with van der Waals surface area (Å²) in [6.07, 6.45) is -3.60. The first-order valence-electron chi connectivity index (χ1n) is 11.5. The lowest BCUT2D eigenvalue weighted by Crippen LogP contribution is -2.48. The quantitative estimate of drug-likeness (QED) is 0.258. The van der Waals surface area contributed by atoms with Crippen molar-refractivity contribution >= 4 is 45.0 Å². The molecule has 1 fully saturated rings. The Morgan fingerprint density at radius 3 is 2.49 bits per heavy atom. The van der Waals surface area contributed by atoms with E-state index in [1.165, 1.54) is 12.1 Å². The van der Waals surface area contributed by atoms with Gasteiger partial charge in [0.1, 0.15) is 11.2 Å². The van der Waals surface area contributed by atoms with Gasteiger partial charge in [-0.15, -0.1) is 0 Å². The van der Waals surface area contributed by atoms with E-state index in [9.17, 15) is 18.0 Å². The number of hydrogen-bond donors (Lipinski definition) is 1. The molecule has 192 valence electrons. The Kier molecular flexibility index (Phi) is 6.10. The number of aromatic amines is 1. The highest BCUT2D eigenvalue weighted by Crippen LogP contribution is 2.44. The number of amides is 1. The van der Waals surface area contributed by atoms with Gasteiger partial charge in [0.15, 0.2) is 5.82 Å². The van der Waals surface area contributed by atoms with Crippen LogP contribution >= 0.6 is 11.6 Å². The molecule has 1 aliphatic heterocycles. The first-order valence-corrected chi connectivity index (χ1v) is 11.9. The van der Waals surface area contributed by atoms with E-state index in [2.05, 4.69) is 21.8 Å². The largest absolute Gasteiger partial charge is 0.433 e. The summed E-state index contributed by atoms with van der Waals surface area (Å²) in [6.45, 7) is 8.10. The molecule has 37 heavy (non-hydrogen) atoms. The Morgan fingerprint density at radius 1 is 1.14 bits per heavy atom. The minimum atomic E-state index is -4.80. The van der Waals surface area contributed by atoms with E-state index < -0.39 is 23.2 Å². The van der Waals surface area contributed by atoms with Crippen LogP contribution in [0.2, 0.25) is 5.02 Å². The molecule has 3 heterocycles. The first kappa shape index (κ1) is 25.0. The van der Waals surface area contributed by atoms with Crippen LogP contribution in [0.5, 0.6) is 0 Å². The van der Waals surface area contributed by atoms with Gasteiger partial charge in [-0.05, 0) is 43.7 Å². The number of nitrogens with zero attached hydrogens (tertiary/aromatic N) is 4. The van der Waals surface area contributed by atoms with Crippen LogP contribution in [0, 0.1) is 19.7 Å². The zero-order valence-electron chi connectivity index (χ0n) is 20.0. The van der Waals surface area contributed by atoms with Crippen molar-refractivity contribution in [2.45, 2.75) is 20.0 Å². The Bertz CT molecular complexity index is 1570. The molecule has 1 N–H and O–H groups in total. The minimum absolute atomic E-state index is 0.0269. The van der Waals surface area contributed by atoms with Gasteiger partial charge in [0.2, 0.25) is 5.91 Å². The van der Waals surface area contributed by atoms with E-state index in [0.717, 1.165) is 6.07 Å². The number of rotatable bonds is 3.